The van der Waals surface area contributed by atoms with Crippen molar-refractivity contribution in [2.45, 2.75) is 265 Å². The molecule has 63 heavy (non-hydrogen) atoms. The summed E-state index contributed by atoms with van der Waals surface area (Å²) in [5.74, 6) is 1.09. The van der Waals surface area contributed by atoms with Gasteiger partial charge in [-0.1, -0.05) is 163 Å². The fraction of sp³-hybridized carbons (Fsp3) is 0.962. The van der Waals surface area contributed by atoms with Crippen molar-refractivity contribution in [1.29, 1.82) is 0 Å². The van der Waals surface area contributed by atoms with Crippen LogP contribution in [0.25, 0.3) is 0 Å². The molecule has 0 bridgehead atoms. The third-order valence-electron chi connectivity index (χ3n) is 12.0. The number of carbonyl (C=O) groups is 2. The molecule has 10 heteroatoms. The van der Waals surface area contributed by atoms with E-state index in [4.69, 9.17) is 23.7 Å². The van der Waals surface area contributed by atoms with Crippen molar-refractivity contribution < 1.29 is 38.4 Å². The number of hydrogen-bond donors (Lipinski definition) is 3. The van der Waals surface area contributed by atoms with Gasteiger partial charge in [0.2, 0.25) is 0 Å². The van der Waals surface area contributed by atoms with Gasteiger partial charge in [0.1, 0.15) is 5.60 Å². The summed E-state index contributed by atoms with van der Waals surface area (Å²) in [5, 5.41) is 17.0. The lowest BCUT2D eigenvalue weighted by Crippen LogP contribution is -2.34. The van der Waals surface area contributed by atoms with Crippen molar-refractivity contribution in [1.82, 2.24) is 10.6 Å². The standard InChI is InChI=1S/C53H106N2O8/c1-8-12-16-25-33-47(31-14-10-3)45-61-50(56)37-29-23-19-18-21-27-35-49(54-39-41-59-43-44-60-42-40-55-52(58)63-53(5,6)7)36-28-22-20-24-30-38-51(57)62-46-48(32-15-11-4)34-26-17-13-9-2/h47-50,54,56H,8-46H2,1-7H3,(H,55,58). The number of rotatable bonds is 48. The monoisotopic (exact) mass is 899 g/mol. The lowest BCUT2D eigenvalue weighted by Gasteiger charge is -2.20. The van der Waals surface area contributed by atoms with Crippen molar-refractivity contribution in [2.24, 2.45) is 11.8 Å². The van der Waals surface area contributed by atoms with Crippen LogP contribution in [0.4, 0.5) is 4.79 Å². The van der Waals surface area contributed by atoms with Crippen molar-refractivity contribution in [3.05, 3.63) is 0 Å². The number of unbranched alkanes of at least 4 members (excludes halogenated alkanes) is 17. The largest absolute Gasteiger partial charge is 0.465 e. The SMILES string of the molecule is CCCCCCC(CCCC)COC(=O)CCCCCCCC(CCCCCCCCC(O)OCC(CCCC)CCCCCC)NCCOCCOCCNC(=O)OC(C)(C)C. The topological polar surface area (TPSA) is 125 Å². The van der Waals surface area contributed by atoms with Crippen molar-refractivity contribution in [2.75, 3.05) is 52.7 Å². The second-order valence-electron chi connectivity index (χ2n) is 19.5. The molecule has 3 N–H and O–H groups in total. The Kier molecular flexibility index (Phi) is 44.6. The zero-order valence-corrected chi connectivity index (χ0v) is 42.7. The number of alkyl carbamates (subject to hydrolysis) is 1. The lowest BCUT2D eigenvalue weighted by atomic mass is 9.96. The molecule has 0 saturated heterocycles. The number of carbonyl (C=O) groups excluding carboxylic acids is 2. The quantitative estimate of drug-likeness (QED) is 0.0311. The second-order valence-corrected chi connectivity index (χ2v) is 19.5. The average molecular weight is 899 g/mol. The van der Waals surface area contributed by atoms with Crippen molar-refractivity contribution in [3.8, 4) is 0 Å². The summed E-state index contributed by atoms with van der Waals surface area (Å²) in [6, 6.07) is 0.474. The predicted octanol–water partition coefficient (Wildman–Crippen LogP) is 13.8. The Balaban J connectivity index is 4.48. The van der Waals surface area contributed by atoms with Crippen LogP contribution in [0.15, 0.2) is 0 Å². The van der Waals surface area contributed by atoms with Crippen LogP contribution < -0.4 is 10.6 Å². The fourth-order valence-electron chi connectivity index (χ4n) is 8.09. The van der Waals surface area contributed by atoms with Crippen LogP contribution in [0, 0.1) is 11.8 Å². The van der Waals surface area contributed by atoms with E-state index in [0.29, 0.717) is 70.5 Å². The molecule has 0 aromatic heterocycles. The molecule has 0 fully saturated rings. The van der Waals surface area contributed by atoms with E-state index in [0.717, 1.165) is 51.5 Å². The van der Waals surface area contributed by atoms with Gasteiger partial charge in [-0.05, 0) is 90.4 Å². The number of hydrogen-bond acceptors (Lipinski definition) is 9. The summed E-state index contributed by atoms with van der Waals surface area (Å²) in [6.07, 6.45) is 35.1. The van der Waals surface area contributed by atoms with Gasteiger partial charge >= 0.3 is 12.1 Å². The predicted molar refractivity (Wildman–Crippen MR) is 263 cm³/mol. The summed E-state index contributed by atoms with van der Waals surface area (Å²) in [4.78, 5) is 24.3. The Hall–Kier alpha value is -1.46. The minimum absolute atomic E-state index is 0.0143. The highest BCUT2D eigenvalue weighted by molar-refractivity contribution is 5.69. The number of amides is 1. The molecule has 0 rings (SSSR count). The summed E-state index contributed by atoms with van der Waals surface area (Å²) >= 11 is 0. The van der Waals surface area contributed by atoms with E-state index < -0.39 is 18.0 Å². The van der Waals surface area contributed by atoms with Crippen LogP contribution in [0.2, 0.25) is 0 Å². The Bertz CT molecular complexity index is 979. The molecule has 0 heterocycles. The normalized spacial score (nSPS) is 13.8. The smallest absolute Gasteiger partial charge is 0.407 e. The zero-order chi connectivity index (χ0) is 46.5. The van der Waals surface area contributed by atoms with E-state index in [1.54, 1.807) is 0 Å². The molecule has 0 radical (unpaired) electrons. The molecule has 0 aromatic carbocycles. The lowest BCUT2D eigenvalue weighted by molar-refractivity contribution is -0.145. The number of aliphatic hydroxyl groups excluding tert-OH is 1. The van der Waals surface area contributed by atoms with Crippen LogP contribution in [0.1, 0.15) is 248 Å². The highest BCUT2D eigenvalue weighted by atomic mass is 16.6. The average Bonchev–Trinajstić information content (AvgIpc) is 3.25. The molecule has 4 unspecified atom stereocenters. The Morgan fingerprint density at radius 2 is 0.952 bits per heavy atom. The first kappa shape index (κ1) is 61.5. The van der Waals surface area contributed by atoms with E-state index in [2.05, 4.69) is 38.3 Å². The first-order valence-electron chi connectivity index (χ1n) is 26.8. The number of esters is 1. The fourth-order valence-corrected chi connectivity index (χ4v) is 8.09. The van der Waals surface area contributed by atoms with Crippen LogP contribution >= 0.6 is 0 Å². The second kappa shape index (κ2) is 45.7. The van der Waals surface area contributed by atoms with E-state index in [9.17, 15) is 14.7 Å². The minimum Gasteiger partial charge on any atom is -0.465 e. The molecule has 0 aliphatic heterocycles. The molecule has 0 saturated carbocycles. The third-order valence-corrected chi connectivity index (χ3v) is 12.0. The van der Waals surface area contributed by atoms with Gasteiger partial charge in [-0.3, -0.25) is 4.79 Å². The first-order chi connectivity index (χ1) is 30.5. The van der Waals surface area contributed by atoms with E-state index >= 15 is 0 Å². The van der Waals surface area contributed by atoms with Gasteiger partial charge < -0.3 is 39.4 Å². The van der Waals surface area contributed by atoms with Crippen LogP contribution in [0.3, 0.4) is 0 Å². The molecule has 376 valence electrons. The number of nitrogens with one attached hydrogen (secondary N) is 2. The molecule has 0 aliphatic rings. The van der Waals surface area contributed by atoms with Crippen molar-refractivity contribution >= 4 is 12.1 Å². The molecule has 10 nitrogen and oxygen atoms in total. The summed E-state index contributed by atoms with van der Waals surface area (Å²) < 4.78 is 28.4. The highest BCUT2D eigenvalue weighted by Crippen LogP contribution is 2.21. The van der Waals surface area contributed by atoms with Crippen LogP contribution in [-0.4, -0.2) is 87.8 Å². The van der Waals surface area contributed by atoms with Gasteiger partial charge in [-0.25, -0.2) is 4.79 Å². The maximum atomic E-state index is 12.5. The molecule has 1 amide bonds. The summed E-state index contributed by atoms with van der Waals surface area (Å²) in [6.45, 7) is 19.1. The Labute approximate surface area is 390 Å². The van der Waals surface area contributed by atoms with Crippen LogP contribution in [0.5, 0.6) is 0 Å². The molecular weight excluding hydrogens is 793 g/mol. The maximum absolute atomic E-state index is 12.5. The van der Waals surface area contributed by atoms with Crippen LogP contribution in [-0.2, 0) is 28.5 Å². The van der Waals surface area contributed by atoms with E-state index in [-0.39, 0.29) is 5.97 Å². The first-order valence-corrected chi connectivity index (χ1v) is 26.8. The summed E-state index contributed by atoms with van der Waals surface area (Å²) in [7, 11) is 0. The Morgan fingerprint density at radius 3 is 1.49 bits per heavy atom. The van der Waals surface area contributed by atoms with Gasteiger partial charge in [-0.15, -0.1) is 0 Å². The molecule has 0 aliphatic carbocycles. The number of aliphatic hydroxyl groups is 1. The van der Waals surface area contributed by atoms with Gasteiger partial charge in [0.25, 0.3) is 0 Å². The highest BCUT2D eigenvalue weighted by Gasteiger charge is 2.16. The molecule has 0 aromatic rings. The Morgan fingerprint density at radius 1 is 0.508 bits per heavy atom. The minimum atomic E-state index is -0.624. The maximum Gasteiger partial charge on any atom is 0.407 e. The van der Waals surface area contributed by atoms with E-state index in [1.807, 2.05) is 20.8 Å². The number of ether oxygens (including phenoxy) is 5. The third kappa shape index (κ3) is 45.5. The van der Waals surface area contributed by atoms with Gasteiger partial charge in [0, 0.05) is 25.6 Å². The summed E-state index contributed by atoms with van der Waals surface area (Å²) in [5.41, 5.74) is -0.512. The molecule has 4 atom stereocenters. The van der Waals surface area contributed by atoms with Gasteiger partial charge in [0.05, 0.1) is 39.6 Å². The van der Waals surface area contributed by atoms with E-state index in [1.165, 1.54) is 148 Å². The molecular formula is C53H106N2O8. The zero-order valence-electron chi connectivity index (χ0n) is 42.7. The van der Waals surface area contributed by atoms with Gasteiger partial charge in [0.15, 0.2) is 6.29 Å². The van der Waals surface area contributed by atoms with Crippen molar-refractivity contribution in [3.63, 3.8) is 0 Å². The van der Waals surface area contributed by atoms with Gasteiger partial charge in [-0.2, -0.15) is 0 Å². The molecule has 0 spiro atoms.